The normalized spacial score (nSPS) is 10.1. The third-order valence-electron chi connectivity index (χ3n) is 2.84. The summed E-state index contributed by atoms with van der Waals surface area (Å²) >= 11 is 0. The quantitative estimate of drug-likeness (QED) is 0.585. The van der Waals surface area contributed by atoms with Gasteiger partial charge in [-0.2, -0.15) is 0 Å². The molecule has 0 aliphatic heterocycles. The lowest BCUT2D eigenvalue weighted by Crippen LogP contribution is -2.08. The maximum atomic E-state index is 11.8. The van der Waals surface area contributed by atoms with Crippen molar-refractivity contribution in [3.63, 3.8) is 0 Å². The molecule has 0 aliphatic carbocycles. The van der Waals surface area contributed by atoms with Crippen LogP contribution in [0.15, 0.2) is 55.4 Å². The number of aryl methyl sites for hydroxylation is 1. The molecule has 2 aromatic rings. The summed E-state index contributed by atoms with van der Waals surface area (Å²) in [6, 6.07) is 11.2. The van der Waals surface area contributed by atoms with Crippen molar-refractivity contribution in [2.45, 2.75) is 13.0 Å². The van der Waals surface area contributed by atoms with E-state index in [-0.39, 0.29) is 5.97 Å². The lowest BCUT2D eigenvalue weighted by molar-refractivity contribution is 0.0496. The van der Waals surface area contributed by atoms with E-state index in [1.807, 2.05) is 36.7 Å². The predicted octanol–water partition coefficient (Wildman–Crippen LogP) is 3.38. The van der Waals surface area contributed by atoms with Crippen molar-refractivity contribution in [3.8, 4) is 0 Å². The van der Waals surface area contributed by atoms with E-state index < -0.39 is 0 Å². The number of nitrogens with zero attached hydrogens (tertiary/aromatic N) is 1. The highest BCUT2D eigenvalue weighted by Crippen LogP contribution is 2.07. The third kappa shape index (κ3) is 3.85. The number of carbonyl (C=O) groups is 1. The molecule has 0 unspecified atom stereocenters. The molecule has 1 aromatic heterocycles. The Kier molecular flexibility index (Phi) is 4.56. The first kappa shape index (κ1) is 13.1. The average Bonchev–Trinajstić information content (AvgIpc) is 2.96. The molecule has 19 heavy (non-hydrogen) atoms. The highest BCUT2D eigenvalue weighted by molar-refractivity contribution is 5.89. The van der Waals surface area contributed by atoms with Crippen molar-refractivity contribution in [1.29, 1.82) is 0 Å². The molecule has 0 N–H and O–H groups in total. The largest absolute Gasteiger partial charge is 0.462 e. The van der Waals surface area contributed by atoms with Gasteiger partial charge in [-0.25, -0.2) is 4.79 Å². The number of aromatic nitrogens is 1. The summed E-state index contributed by atoms with van der Waals surface area (Å²) in [6.45, 7) is 4.96. The lowest BCUT2D eigenvalue weighted by atomic mass is 10.1. The Balaban J connectivity index is 1.75. The second-order valence-corrected chi connectivity index (χ2v) is 4.24. The highest BCUT2D eigenvalue weighted by atomic mass is 16.5. The van der Waals surface area contributed by atoms with Crippen LogP contribution in [0, 0.1) is 0 Å². The molecule has 98 valence electrons. The molecule has 0 saturated heterocycles. The van der Waals surface area contributed by atoms with Crippen LogP contribution in [0.2, 0.25) is 0 Å². The maximum absolute atomic E-state index is 11.8. The minimum atomic E-state index is -0.275. The van der Waals surface area contributed by atoms with Crippen LogP contribution in [-0.2, 0) is 11.3 Å². The molecule has 0 spiro atoms. The van der Waals surface area contributed by atoms with Crippen LogP contribution in [0.3, 0.4) is 0 Å². The van der Waals surface area contributed by atoms with E-state index in [1.54, 1.807) is 18.2 Å². The standard InChI is InChI=1S/C16H17NO2/c1-2-14-6-8-15(9-7-14)16(18)19-13-5-12-17-10-3-4-11-17/h2-4,6-11H,1,5,12-13H2. The van der Waals surface area contributed by atoms with Gasteiger partial charge in [0.15, 0.2) is 0 Å². The first-order valence-electron chi connectivity index (χ1n) is 6.30. The summed E-state index contributed by atoms with van der Waals surface area (Å²) in [5.41, 5.74) is 1.57. The molecule has 1 aromatic carbocycles. The molecule has 0 amide bonds. The van der Waals surface area contributed by atoms with Gasteiger partial charge in [-0.05, 0) is 36.2 Å². The Labute approximate surface area is 113 Å². The fourth-order valence-electron chi connectivity index (χ4n) is 1.77. The van der Waals surface area contributed by atoms with E-state index >= 15 is 0 Å². The monoisotopic (exact) mass is 255 g/mol. The zero-order valence-electron chi connectivity index (χ0n) is 10.8. The number of hydrogen-bond donors (Lipinski definition) is 0. The molecule has 0 radical (unpaired) electrons. The van der Waals surface area contributed by atoms with Gasteiger partial charge in [0, 0.05) is 18.9 Å². The van der Waals surface area contributed by atoms with Gasteiger partial charge in [0.2, 0.25) is 0 Å². The first-order chi connectivity index (χ1) is 9.29. The fraction of sp³-hybridized carbons (Fsp3) is 0.188. The third-order valence-corrected chi connectivity index (χ3v) is 2.84. The van der Waals surface area contributed by atoms with Gasteiger partial charge in [-0.3, -0.25) is 0 Å². The Morgan fingerprint density at radius 3 is 2.53 bits per heavy atom. The van der Waals surface area contributed by atoms with Crippen LogP contribution in [0.5, 0.6) is 0 Å². The fourth-order valence-corrected chi connectivity index (χ4v) is 1.77. The number of rotatable bonds is 6. The Morgan fingerprint density at radius 2 is 1.89 bits per heavy atom. The molecule has 3 nitrogen and oxygen atoms in total. The molecule has 0 bridgehead atoms. The van der Waals surface area contributed by atoms with E-state index in [1.165, 1.54) is 0 Å². The Morgan fingerprint density at radius 1 is 1.21 bits per heavy atom. The highest BCUT2D eigenvalue weighted by Gasteiger charge is 2.05. The minimum absolute atomic E-state index is 0.275. The van der Waals surface area contributed by atoms with Crippen LogP contribution in [0.1, 0.15) is 22.3 Å². The Hall–Kier alpha value is -2.29. The summed E-state index contributed by atoms with van der Waals surface area (Å²) in [7, 11) is 0. The van der Waals surface area contributed by atoms with Gasteiger partial charge < -0.3 is 9.30 Å². The van der Waals surface area contributed by atoms with Crippen LogP contribution in [-0.4, -0.2) is 17.1 Å². The SMILES string of the molecule is C=Cc1ccc(C(=O)OCCCn2cccc2)cc1. The maximum Gasteiger partial charge on any atom is 0.338 e. The van der Waals surface area contributed by atoms with Gasteiger partial charge in [0.1, 0.15) is 0 Å². The van der Waals surface area contributed by atoms with Crippen molar-refractivity contribution in [2.24, 2.45) is 0 Å². The van der Waals surface area contributed by atoms with Crippen LogP contribution < -0.4 is 0 Å². The summed E-state index contributed by atoms with van der Waals surface area (Å²) in [5, 5.41) is 0. The smallest absolute Gasteiger partial charge is 0.338 e. The first-order valence-corrected chi connectivity index (χ1v) is 6.30. The summed E-state index contributed by atoms with van der Waals surface area (Å²) in [4.78, 5) is 11.8. The zero-order valence-corrected chi connectivity index (χ0v) is 10.8. The number of benzene rings is 1. The molecule has 0 aliphatic rings. The van der Waals surface area contributed by atoms with E-state index in [4.69, 9.17) is 4.74 Å². The van der Waals surface area contributed by atoms with Gasteiger partial charge in [0.25, 0.3) is 0 Å². The molecule has 0 fully saturated rings. The van der Waals surface area contributed by atoms with Crippen molar-refractivity contribution in [3.05, 3.63) is 66.5 Å². The summed E-state index contributed by atoms with van der Waals surface area (Å²) in [6.07, 6.45) is 6.54. The summed E-state index contributed by atoms with van der Waals surface area (Å²) < 4.78 is 7.28. The molecule has 3 heteroatoms. The van der Waals surface area contributed by atoms with Crippen LogP contribution >= 0.6 is 0 Å². The predicted molar refractivity (Wildman–Crippen MR) is 75.9 cm³/mol. The average molecular weight is 255 g/mol. The zero-order chi connectivity index (χ0) is 13.5. The number of ether oxygens (including phenoxy) is 1. The Bertz CT molecular complexity index is 526. The van der Waals surface area contributed by atoms with Gasteiger partial charge in [0.05, 0.1) is 12.2 Å². The molecular formula is C16H17NO2. The van der Waals surface area contributed by atoms with Crippen molar-refractivity contribution < 1.29 is 9.53 Å². The molecular weight excluding hydrogens is 238 g/mol. The van der Waals surface area contributed by atoms with Gasteiger partial charge in [-0.15, -0.1) is 0 Å². The number of carbonyl (C=O) groups excluding carboxylic acids is 1. The summed E-state index contributed by atoms with van der Waals surface area (Å²) in [5.74, 6) is -0.275. The van der Waals surface area contributed by atoms with E-state index in [2.05, 4.69) is 11.1 Å². The molecule has 1 heterocycles. The van der Waals surface area contributed by atoms with Crippen LogP contribution in [0.4, 0.5) is 0 Å². The number of hydrogen-bond acceptors (Lipinski definition) is 2. The number of esters is 1. The van der Waals surface area contributed by atoms with Gasteiger partial charge >= 0.3 is 5.97 Å². The molecule has 2 rings (SSSR count). The van der Waals surface area contributed by atoms with E-state index in [0.717, 1.165) is 18.5 Å². The topological polar surface area (TPSA) is 31.2 Å². The lowest BCUT2D eigenvalue weighted by Gasteiger charge is -2.06. The van der Waals surface area contributed by atoms with Crippen molar-refractivity contribution >= 4 is 12.0 Å². The van der Waals surface area contributed by atoms with Crippen molar-refractivity contribution in [2.75, 3.05) is 6.61 Å². The molecule has 0 atom stereocenters. The van der Waals surface area contributed by atoms with Crippen LogP contribution in [0.25, 0.3) is 6.08 Å². The molecule has 0 saturated carbocycles. The second kappa shape index (κ2) is 6.59. The van der Waals surface area contributed by atoms with Gasteiger partial charge in [-0.1, -0.05) is 24.8 Å². The second-order valence-electron chi connectivity index (χ2n) is 4.24. The van der Waals surface area contributed by atoms with E-state index in [9.17, 15) is 4.79 Å². The van der Waals surface area contributed by atoms with E-state index in [0.29, 0.717) is 12.2 Å². The van der Waals surface area contributed by atoms with Crippen molar-refractivity contribution in [1.82, 2.24) is 4.57 Å². The minimum Gasteiger partial charge on any atom is -0.462 e.